The normalized spacial score (nSPS) is 12.2. The summed E-state index contributed by atoms with van der Waals surface area (Å²) in [6.45, 7) is -0.157. The van der Waals surface area contributed by atoms with Gasteiger partial charge in [0, 0.05) is 15.2 Å². The molecule has 5 heteroatoms. The summed E-state index contributed by atoms with van der Waals surface area (Å²) in [6, 6.07) is 11.3. The van der Waals surface area contributed by atoms with Crippen molar-refractivity contribution >= 4 is 33.2 Å². The molecule has 0 aliphatic rings. The van der Waals surface area contributed by atoms with E-state index < -0.39 is 11.9 Å². The molecule has 2 N–H and O–H groups in total. The molecule has 0 radical (unpaired) electrons. The van der Waals surface area contributed by atoms with Gasteiger partial charge in [-0.05, 0) is 48.0 Å². The first-order valence-corrected chi connectivity index (χ1v) is 6.84. The molecule has 0 fully saturated rings. The highest BCUT2D eigenvalue weighted by atomic mass is 79.9. The van der Waals surface area contributed by atoms with Gasteiger partial charge in [-0.1, -0.05) is 27.5 Å². The quantitative estimate of drug-likeness (QED) is 0.862. The largest absolute Gasteiger partial charge is 0.394 e. The number of aliphatic hydroxyl groups excluding tert-OH is 1. The molecule has 1 atom stereocenters. The topological polar surface area (TPSA) is 32.3 Å². The minimum Gasteiger partial charge on any atom is -0.394 e. The van der Waals surface area contributed by atoms with Crippen molar-refractivity contribution in [1.82, 2.24) is 0 Å². The van der Waals surface area contributed by atoms with Crippen LogP contribution in [0.15, 0.2) is 46.9 Å². The fraction of sp³-hybridized carbons (Fsp3) is 0.143. The van der Waals surface area contributed by atoms with E-state index in [0.29, 0.717) is 10.6 Å². The van der Waals surface area contributed by atoms with E-state index in [1.807, 2.05) is 24.3 Å². The van der Waals surface area contributed by atoms with Crippen molar-refractivity contribution in [2.45, 2.75) is 6.04 Å². The molecule has 2 rings (SSSR count). The van der Waals surface area contributed by atoms with E-state index >= 15 is 0 Å². The summed E-state index contributed by atoms with van der Waals surface area (Å²) < 4.78 is 14.3. The van der Waals surface area contributed by atoms with Crippen LogP contribution in [0.25, 0.3) is 0 Å². The third-order valence-corrected chi connectivity index (χ3v) is 3.40. The molecule has 2 aromatic carbocycles. The van der Waals surface area contributed by atoms with Gasteiger partial charge in [-0.25, -0.2) is 4.39 Å². The Morgan fingerprint density at radius 1 is 1.21 bits per heavy atom. The van der Waals surface area contributed by atoms with Crippen LogP contribution in [0.2, 0.25) is 5.02 Å². The standard InChI is InChI=1S/C14H12BrClFNO/c15-10-1-3-13(4-2-10)18-14(8-19)9-5-11(16)7-12(17)6-9/h1-7,14,18-19H,8H2. The maximum absolute atomic E-state index is 13.3. The molecular weight excluding hydrogens is 333 g/mol. The van der Waals surface area contributed by atoms with Crippen molar-refractivity contribution in [3.05, 3.63) is 63.3 Å². The average Bonchev–Trinajstić information content (AvgIpc) is 2.37. The number of nitrogens with one attached hydrogen (secondary N) is 1. The maximum Gasteiger partial charge on any atom is 0.125 e. The van der Waals surface area contributed by atoms with Crippen molar-refractivity contribution in [2.24, 2.45) is 0 Å². The monoisotopic (exact) mass is 343 g/mol. The molecule has 0 bridgehead atoms. The third-order valence-electron chi connectivity index (χ3n) is 2.65. The molecular formula is C14H12BrClFNO. The summed E-state index contributed by atoms with van der Waals surface area (Å²) in [4.78, 5) is 0. The fourth-order valence-corrected chi connectivity index (χ4v) is 2.25. The number of hydrogen-bond acceptors (Lipinski definition) is 2. The van der Waals surface area contributed by atoms with E-state index in [9.17, 15) is 9.50 Å². The first-order valence-electron chi connectivity index (χ1n) is 5.67. The zero-order valence-corrected chi connectivity index (χ0v) is 12.2. The molecule has 0 saturated carbocycles. The summed E-state index contributed by atoms with van der Waals surface area (Å²) in [6.07, 6.45) is 0. The number of anilines is 1. The van der Waals surface area contributed by atoms with Gasteiger partial charge in [0.25, 0.3) is 0 Å². The second-order valence-electron chi connectivity index (χ2n) is 4.09. The van der Waals surface area contributed by atoms with Crippen molar-refractivity contribution in [1.29, 1.82) is 0 Å². The summed E-state index contributed by atoms with van der Waals surface area (Å²) in [5.41, 5.74) is 1.44. The molecule has 1 unspecified atom stereocenters. The molecule has 2 nitrogen and oxygen atoms in total. The van der Waals surface area contributed by atoms with Crippen LogP contribution in [0, 0.1) is 5.82 Å². The molecule has 0 saturated heterocycles. The van der Waals surface area contributed by atoms with E-state index in [0.717, 1.165) is 10.2 Å². The van der Waals surface area contributed by atoms with Crippen LogP contribution in [-0.2, 0) is 0 Å². The van der Waals surface area contributed by atoms with Gasteiger partial charge in [0.1, 0.15) is 5.82 Å². The zero-order valence-electron chi connectivity index (χ0n) is 9.91. The Balaban J connectivity index is 2.22. The van der Waals surface area contributed by atoms with E-state index in [4.69, 9.17) is 11.6 Å². The Bertz CT molecular complexity index is 542. The molecule has 0 aliphatic heterocycles. The van der Waals surface area contributed by atoms with Gasteiger partial charge in [0.05, 0.1) is 12.6 Å². The van der Waals surface area contributed by atoms with Crippen LogP contribution in [0.1, 0.15) is 11.6 Å². The second-order valence-corrected chi connectivity index (χ2v) is 5.44. The lowest BCUT2D eigenvalue weighted by atomic mass is 10.1. The van der Waals surface area contributed by atoms with Crippen LogP contribution in [-0.4, -0.2) is 11.7 Å². The minimum atomic E-state index is -0.418. The van der Waals surface area contributed by atoms with Crippen LogP contribution >= 0.6 is 27.5 Å². The molecule has 100 valence electrons. The van der Waals surface area contributed by atoms with E-state index in [-0.39, 0.29) is 6.61 Å². The molecule has 0 heterocycles. The highest BCUT2D eigenvalue weighted by Crippen LogP contribution is 2.24. The van der Waals surface area contributed by atoms with Crippen molar-refractivity contribution in [3.8, 4) is 0 Å². The Morgan fingerprint density at radius 2 is 1.89 bits per heavy atom. The zero-order chi connectivity index (χ0) is 13.8. The second kappa shape index (κ2) is 6.37. The molecule has 0 aliphatic carbocycles. The Morgan fingerprint density at radius 3 is 2.47 bits per heavy atom. The van der Waals surface area contributed by atoms with Gasteiger partial charge < -0.3 is 10.4 Å². The number of rotatable bonds is 4. The van der Waals surface area contributed by atoms with Gasteiger partial charge in [-0.3, -0.25) is 0 Å². The molecule has 2 aromatic rings. The number of halogens is 3. The highest BCUT2D eigenvalue weighted by Gasteiger charge is 2.12. The van der Waals surface area contributed by atoms with Gasteiger partial charge >= 0.3 is 0 Å². The third kappa shape index (κ3) is 3.93. The molecule has 0 aromatic heterocycles. The van der Waals surface area contributed by atoms with Gasteiger partial charge in [-0.15, -0.1) is 0 Å². The van der Waals surface area contributed by atoms with Crippen LogP contribution < -0.4 is 5.32 Å². The van der Waals surface area contributed by atoms with Gasteiger partial charge in [-0.2, -0.15) is 0 Å². The number of hydrogen-bond donors (Lipinski definition) is 2. The smallest absolute Gasteiger partial charge is 0.125 e. The number of benzene rings is 2. The maximum atomic E-state index is 13.3. The first kappa shape index (κ1) is 14.3. The molecule has 19 heavy (non-hydrogen) atoms. The van der Waals surface area contributed by atoms with Crippen molar-refractivity contribution < 1.29 is 9.50 Å². The van der Waals surface area contributed by atoms with Gasteiger partial charge in [0.15, 0.2) is 0 Å². The highest BCUT2D eigenvalue weighted by molar-refractivity contribution is 9.10. The minimum absolute atomic E-state index is 0.157. The Hall–Kier alpha value is -1.10. The van der Waals surface area contributed by atoms with Crippen molar-refractivity contribution in [2.75, 3.05) is 11.9 Å². The predicted molar refractivity (Wildman–Crippen MR) is 79.0 cm³/mol. The van der Waals surface area contributed by atoms with Gasteiger partial charge in [0.2, 0.25) is 0 Å². The lowest BCUT2D eigenvalue weighted by Gasteiger charge is -2.18. The van der Waals surface area contributed by atoms with E-state index in [1.165, 1.54) is 12.1 Å². The summed E-state index contributed by atoms with van der Waals surface area (Å²) in [5, 5.41) is 12.9. The molecule has 0 spiro atoms. The lowest BCUT2D eigenvalue weighted by Crippen LogP contribution is -2.15. The Labute approximate surface area is 124 Å². The van der Waals surface area contributed by atoms with Crippen LogP contribution in [0.3, 0.4) is 0 Å². The summed E-state index contributed by atoms with van der Waals surface area (Å²) in [7, 11) is 0. The number of aliphatic hydroxyl groups is 1. The predicted octanol–water partition coefficient (Wildman–Crippen LogP) is 4.39. The molecule has 0 amide bonds. The van der Waals surface area contributed by atoms with E-state index in [2.05, 4.69) is 21.2 Å². The lowest BCUT2D eigenvalue weighted by molar-refractivity contribution is 0.276. The Kier molecular flexibility index (Phi) is 4.80. The average molecular weight is 345 g/mol. The van der Waals surface area contributed by atoms with Crippen LogP contribution in [0.5, 0.6) is 0 Å². The summed E-state index contributed by atoms with van der Waals surface area (Å²) >= 11 is 9.17. The SMILES string of the molecule is OCC(Nc1ccc(Br)cc1)c1cc(F)cc(Cl)c1. The van der Waals surface area contributed by atoms with Crippen LogP contribution in [0.4, 0.5) is 10.1 Å². The summed E-state index contributed by atoms with van der Waals surface area (Å²) in [5.74, 6) is -0.418. The fourth-order valence-electron chi connectivity index (χ4n) is 1.76. The van der Waals surface area contributed by atoms with Crippen molar-refractivity contribution in [3.63, 3.8) is 0 Å². The first-order chi connectivity index (χ1) is 9.08. The van der Waals surface area contributed by atoms with E-state index in [1.54, 1.807) is 6.07 Å².